The highest BCUT2D eigenvalue weighted by Gasteiger charge is 2.26. The van der Waals surface area contributed by atoms with E-state index in [1.165, 1.54) is 12.0 Å². The molecule has 0 radical (unpaired) electrons. The minimum atomic E-state index is -0.186. The third-order valence-electron chi connectivity index (χ3n) is 4.42. The summed E-state index contributed by atoms with van der Waals surface area (Å²) in [7, 11) is 0. The maximum Gasteiger partial charge on any atom is 0.286 e. The van der Waals surface area contributed by atoms with E-state index < -0.39 is 0 Å². The van der Waals surface area contributed by atoms with Gasteiger partial charge in [0.2, 0.25) is 0 Å². The van der Waals surface area contributed by atoms with Crippen LogP contribution in [0.3, 0.4) is 0 Å². The Balaban J connectivity index is 1.37. The molecule has 3 aromatic heterocycles. The Kier molecular flexibility index (Phi) is 4.39. The standard InChI is InChI=1S/C18H20N4O3/c23-18(17-4-2-10-25-17)19-7-5-14-11-21(13-16-3-1-9-24-16)12-15-6-8-20-22(14)15/h1-4,6,8-10,14H,5,7,11-13H2,(H,19,23)/t14-/m1/s1. The summed E-state index contributed by atoms with van der Waals surface area (Å²) in [4.78, 5) is 14.3. The van der Waals surface area contributed by atoms with Gasteiger partial charge in [-0.3, -0.25) is 14.4 Å². The molecular weight excluding hydrogens is 320 g/mol. The van der Waals surface area contributed by atoms with Crippen molar-refractivity contribution in [2.24, 2.45) is 0 Å². The van der Waals surface area contributed by atoms with Gasteiger partial charge < -0.3 is 14.2 Å². The Morgan fingerprint density at radius 1 is 1.24 bits per heavy atom. The Morgan fingerprint density at radius 2 is 2.12 bits per heavy atom. The molecule has 7 nitrogen and oxygen atoms in total. The maximum absolute atomic E-state index is 12.0. The number of nitrogens with one attached hydrogen (secondary N) is 1. The summed E-state index contributed by atoms with van der Waals surface area (Å²) in [6.45, 7) is 3.05. The molecule has 1 amide bonds. The van der Waals surface area contributed by atoms with Crippen LogP contribution in [-0.2, 0) is 13.1 Å². The van der Waals surface area contributed by atoms with Gasteiger partial charge in [0.15, 0.2) is 5.76 Å². The minimum Gasteiger partial charge on any atom is -0.468 e. The van der Waals surface area contributed by atoms with Gasteiger partial charge in [-0.25, -0.2) is 0 Å². The molecule has 0 saturated heterocycles. The van der Waals surface area contributed by atoms with Gasteiger partial charge >= 0.3 is 0 Å². The number of aromatic nitrogens is 2. The molecule has 0 unspecified atom stereocenters. The van der Waals surface area contributed by atoms with E-state index in [1.54, 1.807) is 18.4 Å². The lowest BCUT2D eigenvalue weighted by atomic mass is 10.1. The number of nitrogens with zero attached hydrogens (tertiary/aromatic N) is 3. The summed E-state index contributed by atoms with van der Waals surface area (Å²) >= 11 is 0. The lowest BCUT2D eigenvalue weighted by Crippen LogP contribution is -2.38. The third-order valence-corrected chi connectivity index (χ3v) is 4.42. The molecule has 25 heavy (non-hydrogen) atoms. The normalized spacial score (nSPS) is 17.4. The second kappa shape index (κ2) is 6.98. The van der Waals surface area contributed by atoms with Gasteiger partial charge in [0.25, 0.3) is 5.91 Å². The lowest BCUT2D eigenvalue weighted by Gasteiger charge is -2.33. The van der Waals surface area contributed by atoms with Crippen molar-refractivity contribution in [1.82, 2.24) is 20.0 Å². The van der Waals surface area contributed by atoms with Gasteiger partial charge in [0.1, 0.15) is 5.76 Å². The number of fused-ring (bicyclic) bond motifs is 1. The topological polar surface area (TPSA) is 76.4 Å². The molecule has 130 valence electrons. The zero-order chi connectivity index (χ0) is 17.1. The lowest BCUT2D eigenvalue weighted by molar-refractivity contribution is 0.0919. The Morgan fingerprint density at radius 3 is 2.92 bits per heavy atom. The number of furan rings is 2. The van der Waals surface area contributed by atoms with Crippen molar-refractivity contribution in [2.45, 2.75) is 25.6 Å². The van der Waals surface area contributed by atoms with Crippen molar-refractivity contribution >= 4 is 5.91 Å². The molecule has 4 rings (SSSR count). The fourth-order valence-corrected chi connectivity index (χ4v) is 3.27. The monoisotopic (exact) mass is 340 g/mol. The maximum atomic E-state index is 12.0. The van der Waals surface area contributed by atoms with Crippen LogP contribution in [0.4, 0.5) is 0 Å². The average Bonchev–Trinajstić information content (AvgIpc) is 3.36. The molecular formula is C18H20N4O3. The summed E-state index contributed by atoms with van der Waals surface area (Å²) in [5, 5.41) is 7.36. The van der Waals surface area contributed by atoms with E-state index in [9.17, 15) is 4.79 Å². The van der Waals surface area contributed by atoms with Crippen LogP contribution in [-0.4, -0.2) is 33.7 Å². The van der Waals surface area contributed by atoms with Gasteiger partial charge in [0.05, 0.1) is 30.8 Å². The highest BCUT2D eigenvalue weighted by molar-refractivity contribution is 5.91. The molecule has 0 spiro atoms. The fourth-order valence-electron chi connectivity index (χ4n) is 3.27. The van der Waals surface area contributed by atoms with E-state index in [1.807, 2.05) is 24.4 Å². The number of rotatable bonds is 6. The molecule has 0 saturated carbocycles. The van der Waals surface area contributed by atoms with E-state index in [0.717, 1.165) is 31.8 Å². The van der Waals surface area contributed by atoms with Gasteiger partial charge in [-0.15, -0.1) is 0 Å². The number of carbonyl (C=O) groups is 1. The first kappa shape index (κ1) is 15.7. The zero-order valence-corrected chi connectivity index (χ0v) is 13.8. The van der Waals surface area contributed by atoms with Crippen LogP contribution in [0.5, 0.6) is 0 Å². The number of hydrogen-bond donors (Lipinski definition) is 1. The quantitative estimate of drug-likeness (QED) is 0.746. The van der Waals surface area contributed by atoms with Crippen molar-refractivity contribution < 1.29 is 13.6 Å². The predicted molar refractivity (Wildman–Crippen MR) is 89.7 cm³/mol. The highest BCUT2D eigenvalue weighted by Crippen LogP contribution is 2.24. The summed E-state index contributed by atoms with van der Waals surface area (Å²) in [5.74, 6) is 1.11. The van der Waals surface area contributed by atoms with E-state index in [0.29, 0.717) is 12.3 Å². The van der Waals surface area contributed by atoms with E-state index in [4.69, 9.17) is 8.83 Å². The zero-order valence-electron chi connectivity index (χ0n) is 13.8. The van der Waals surface area contributed by atoms with E-state index in [-0.39, 0.29) is 11.9 Å². The smallest absolute Gasteiger partial charge is 0.286 e. The van der Waals surface area contributed by atoms with Gasteiger partial charge in [-0.2, -0.15) is 5.10 Å². The SMILES string of the molecule is O=C(NCC[C@@H]1CN(Cc2ccco2)Cc2ccnn21)c1ccco1. The largest absolute Gasteiger partial charge is 0.468 e. The van der Waals surface area contributed by atoms with E-state index in [2.05, 4.69) is 20.0 Å². The molecule has 4 heterocycles. The molecule has 1 aliphatic heterocycles. The molecule has 1 atom stereocenters. The van der Waals surface area contributed by atoms with Crippen molar-refractivity contribution in [3.63, 3.8) is 0 Å². The predicted octanol–water partition coefficient (Wildman–Crippen LogP) is 2.45. The molecule has 0 bridgehead atoms. The van der Waals surface area contributed by atoms with Crippen molar-refractivity contribution in [3.8, 4) is 0 Å². The second-order valence-corrected chi connectivity index (χ2v) is 6.19. The molecule has 1 aliphatic rings. The summed E-state index contributed by atoms with van der Waals surface area (Å²) < 4.78 is 12.6. The Hall–Kier alpha value is -2.80. The van der Waals surface area contributed by atoms with Crippen LogP contribution in [0.2, 0.25) is 0 Å². The molecule has 0 aromatic carbocycles. The molecule has 3 aromatic rings. The van der Waals surface area contributed by atoms with Crippen molar-refractivity contribution in [1.29, 1.82) is 0 Å². The van der Waals surface area contributed by atoms with Crippen LogP contribution in [0.25, 0.3) is 0 Å². The number of carbonyl (C=O) groups excluding carboxylic acids is 1. The van der Waals surface area contributed by atoms with Gasteiger partial charge in [-0.05, 0) is 36.8 Å². The van der Waals surface area contributed by atoms with Crippen molar-refractivity contribution in [2.75, 3.05) is 13.1 Å². The number of amides is 1. The van der Waals surface area contributed by atoms with E-state index >= 15 is 0 Å². The first-order valence-corrected chi connectivity index (χ1v) is 8.38. The Labute approximate surface area is 145 Å². The van der Waals surface area contributed by atoms with Crippen LogP contribution >= 0.6 is 0 Å². The Bertz CT molecular complexity index is 807. The summed E-state index contributed by atoms with van der Waals surface area (Å²) in [6, 6.07) is 9.52. The van der Waals surface area contributed by atoms with Gasteiger partial charge in [-0.1, -0.05) is 0 Å². The minimum absolute atomic E-state index is 0.186. The summed E-state index contributed by atoms with van der Waals surface area (Å²) in [5.41, 5.74) is 1.18. The fraction of sp³-hybridized carbons (Fsp3) is 0.333. The van der Waals surface area contributed by atoms with Crippen LogP contribution in [0.15, 0.2) is 57.9 Å². The molecule has 7 heteroatoms. The first-order chi connectivity index (χ1) is 12.3. The molecule has 0 fully saturated rings. The molecule has 1 N–H and O–H groups in total. The first-order valence-electron chi connectivity index (χ1n) is 8.38. The molecule has 0 aliphatic carbocycles. The summed E-state index contributed by atoms with van der Waals surface area (Å²) in [6.07, 6.45) is 5.83. The second-order valence-electron chi connectivity index (χ2n) is 6.19. The van der Waals surface area contributed by atoms with Crippen LogP contribution in [0.1, 0.15) is 34.5 Å². The van der Waals surface area contributed by atoms with Gasteiger partial charge in [0, 0.05) is 25.8 Å². The average molecular weight is 340 g/mol. The van der Waals surface area contributed by atoms with Crippen LogP contribution < -0.4 is 5.32 Å². The number of hydrogen-bond acceptors (Lipinski definition) is 5. The van der Waals surface area contributed by atoms with Crippen molar-refractivity contribution in [3.05, 3.63) is 66.3 Å². The third kappa shape index (κ3) is 3.51. The highest BCUT2D eigenvalue weighted by atomic mass is 16.3. The van der Waals surface area contributed by atoms with Crippen LogP contribution in [0, 0.1) is 0 Å².